The molecule has 2 aromatic carbocycles. The van der Waals surface area contributed by atoms with E-state index in [9.17, 15) is 0 Å². The summed E-state index contributed by atoms with van der Waals surface area (Å²) in [6, 6.07) is 13.0. The molecule has 0 saturated heterocycles. The molecule has 100 valence electrons. The fourth-order valence-corrected chi connectivity index (χ4v) is 2.70. The third-order valence-corrected chi connectivity index (χ3v) is 3.77. The Morgan fingerprint density at radius 2 is 1.63 bits per heavy atom. The van der Waals surface area contributed by atoms with Gasteiger partial charge in [0.1, 0.15) is 0 Å². The number of halogens is 1. The van der Waals surface area contributed by atoms with Crippen LogP contribution in [0.1, 0.15) is 33.9 Å². The van der Waals surface area contributed by atoms with Gasteiger partial charge in [0.15, 0.2) is 0 Å². The lowest BCUT2D eigenvalue weighted by molar-refractivity contribution is 0.690. The Morgan fingerprint density at radius 3 is 2.21 bits per heavy atom. The minimum atomic E-state index is 0.177. The van der Waals surface area contributed by atoms with Crippen molar-refractivity contribution in [2.24, 2.45) is 0 Å². The molecule has 0 fully saturated rings. The van der Waals surface area contributed by atoms with Gasteiger partial charge in [-0.05, 0) is 67.8 Å². The van der Waals surface area contributed by atoms with Crippen LogP contribution in [0.2, 0.25) is 5.02 Å². The molecular weight excluding hydrogens is 254 g/mol. The summed E-state index contributed by atoms with van der Waals surface area (Å²) in [4.78, 5) is 0. The molecule has 19 heavy (non-hydrogen) atoms. The quantitative estimate of drug-likeness (QED) is 0.863. The molecule has 0 spiro atoms. The Hall–Kier alpha value is -1.31. The second-order valence-corrected chi connectivity index (χ2v) is 5.56. The Balaban J connectivity index is 2.46. The summed E-state index contributed by atoms with van der Waals surface area (Å²) in [5.74, 6) is 0. The van der Waals surface area contributed by atoms with Crippen molar-refractivity contribution in [1.29, 1.82) is 0 Å². The van der Waals surface area contributed by atoms with E-state index in [0.717, 1.165) is 5.02 Å². The first-order valence-corrected chi connectivity index (χ1v) is 6.90. The predicted octanol–water partition coefficient (Wildman–Crippen LogP) is 4.57. The fraction of sp³-hybridized carbons (Fsp3) is 0.294. The molecule has 2 aromatic rings. The Bertz CT molecular complexity index is 570. The molecule has 2 rings (SSSR count). The molecule has 1 nitrogen and oxygen atoms in total. The minimum absolute atomic E-state index is 0.177. The van der Waals surface area contributed by atoms with Gasteiger partial charge in [0.25, 0.3) is 0 Å². The standard InChI is InChI=1S/C17H20ClN/c1-11-7-15(10-16(18)8-11)17(19-4)14-6-5-12(2)13(3)9-14/h5-10,17,19H,1-4H3. The third kappa shape index (κ3) is 3.17. The topological polar surface area (TPSA) is 12.0 Å². The van der Waals surface area contributed by atoms with Crippen molar-refractivity contribution in [3.63, 3.8) is 0 Å². The summed E-state index contributed by atoms with van der Waals surface area (Å²) in [6.07, 6.45) is 0. The SMILES string of the molecule is CNC(c1cc(C)cc(Cl)c1)c1ccc(C)c(C)c1. The molecule has 0 radical (unpaired) electrons. The van der Waals surface area contributed by atoms with Gasteiger partial charge < -0.3 is 5.32 Å². The normalized spacial score (nSPS) is 12.5. The molecular formula is C17H20ClN. The third-order valence-electron chi connectivity index (χ3n) is 3.55. The van der Waals surface area contributed by atoms with Gasteiger partial charge in [0, 0.05) is 5.02 Å². The van der Waals surface area contributed by atoms with E-state index in [2.05, 4.69) is 50.4 Å². The zero-order valence-electron chi connectivity index (χ0n) is 11.9. The van der Waals surface area contributed by atoms with Crippen molar-refractivity contribution >= 4 is 11.6 Å². The maximum absolute atomic E-state index is 6.17. The van der Waals surface area contributed by atoms with Gasteiger partial charge in [-0.1, -0.05) is 35.9 Å². The molecule has 0 amide bonds. The summed E-state index contributed by atoms with van der Waals surface area (Å²) in [7, 11) is 1.98. The van der Waals surface area contributed by atoms with Gasteiger partial charge in [-0.3, -0.25) is 0 Å². The summed E-state index contributed by atoms with van der Waals surface area (Å²) in [5, 5.41) is 4.17. The molecule has 1 unspecified atom stereocenters. The van der Waals surface area contributed by atoms with Gasteiger partial charge >= 0.3 is 0 Å². The van der Waals surface area contributed by atoms with Crippen LogP contribution in [0.25, 0.3) is 0 Å². The molecule has 1 atom stereocenters. The minimum Gasteiger partial charge on any atom is -0.309 e. The summed E-state index contributed by atoms with van der Waals surface area (Å²) >= 11 is 6.17. The largest absolute Gasteiger partial charge is 0.309 e. The molecule has 0 heterocycles. The first kappa shape index (κ1) is 14.1. The fourth-order valence-electron chi connectivity index (χ4n) is 2.40. The number of aryl methyl sites for hydroxylation is 3. The van der Waals surface area contributed by atoms with Crippen molar-refractivity contribution in [3.05, 3.63) is 69.2 Å². The number of rotatable bonds is 3. The maximum Gasteiger partial charge on any atom is 0.0575 e. The van der Waals surface area contributed by atoms with E-state index in [1.54, 1.807) is 0 Å². The van der Waals surface area contributed by atoms with Crippen LogP contribution in [0.3, 0.4) is 0 Å². The van der Waals surface area contributed by atoms with Crippen LogP contribution in [0.4, 0.5) is 0 Å². The zero-order chi connectivity index (χ0) is 14.0. The van der Waals surface area contributed by atoms with E-state index >= 15 is 0 Å². The van der Waals surface area contributed by atoms with Crippen LogP contribution in [0, 0.1) is 20.8 Å². The summed E-state index contributed by atoms with van der Waals surface area (Å²) < 4.78 is 0. The number of hydrogen-bond acceptors (Lipinski definition) is 1. The van der Waals surface area contributed by atoms with Crippen LogP contribution in [-0.2, 0) is 0 Å². The Morgan fingerprint density at radius 1 is 0.895 bits per heavy atom. The Kier molecular flexibility index (Phi) is 4.28. The van der Waals surface area contributed by atoms with E-state index in [1.165, 1.54) is 27.8 Å². The highest BCUT2D eigenvalue weighted by molar-refractivity contribution is 6.30. The van der Waals surface area contributed by atoms with Crippen LogP contribution in [0.15, 0.2) is 36.4 Å². The van der Waals surface area contributed by atoms with Crippen LogP contribution in [-0.4, -0.2) is 7.05 Å². The van der Waals surface area contributed by atoms with Gasteiger partial charge in [0.2, 0.25) is 0 Å². The second-order valence-electron chi connectivity index (χ2n) is 5.13. The highest BCUT2D eigenvalue weighted by Gasteiger charge is 2.13. The monoisotopic (exact) mass is 273 g/mol. The van der Waals surface area contributed by atoms with Gasteiger partial charge in [-0.15, -0.1) is 0 Å². The van der Waals surface area contributed by atoms with Gasteiger partial charge in [-0.2, -0.15) is 0 Å². The average Bonchev–Trinajstić information content (AvgIpc) is 2.33. The van der Waals surface area contributed by atoms with Crippen LogP contribution < -0.4 is 5.32 Å². The molecule has 0 aliphatic heterocycles. The van der Waals surface area contributed by atoms with Crippen molar-refractivity contribution in [3.8, 4) is 0 Å². The molecule has 0 aliphatic rings. The smallest absolute Gasteiger partial charge is 0.0575 e. The molecule has 0 bridgehead atoms. The second kappa shape index (κ2) is 5.77. The van der Waals surface area contributed by atoms with Crippen molar-refractivity contribution < 1.29 is 0 Å². The Labute approximate surface area is 120 Å². The van der Waals surface area contributed by atoms with E-state index < -0.39 is 0 Å². The summed E-state index contributed by atoms with van der Waals surface area (Å²) in [5.41, 5.74) is 6.30. The van der Waals surface area contributed by atoms with E-state index in [0.29, 0.717) is 0 Å². The number of nitrogens with one attached hydrogen (secondary N) is 1. The van der Waals surface area contributed by atoms with E-state index in [-0.39, 0.29) is 6.04 Å². The van der Waals surface area contributed by atoms with Crippen LogP contribution in [0.5, 0.6) is 0 Å². The molecule has 0 aliphatic carbocycles. The molecule has 1 N–H and O–H groups in total. The van der Waals surface area contributed by atoms with Crippen molar-refractivity contribution in [2.75, 3.05) is 7.05 Å². The first-order valence-electron chi connectivity index (χ1n) is 6.53. The van der Waals surface area contributed by atoms with Crippen LogP contribution >= 0.6 is 11.6 Å². The number of hydrogen-bond donors (Lipinski definition) is 1. The number of benzene rings is 2. The lowest BCUT2D eigenvalue weighted by Crippen LogP contribution is -2.18. The highest BCUT2D eigenvalue weighted by Crippen LogP contribution is 2.26. The van der Waals surface area contributed by atoms with Gasteiger partial charge in [-0.25, -0.2) is 0 Å². The predicted molar refractivity (Wildman–Crippen MR) is 83.0 cm³/mol. The van der Waals surface area contributed by atoms with Gasteiger partial charge in [0.05, 0.1) is 6.04 Å². The van der Waals surface area contributed by atoms with E-state index in [4.69, 9.17) is 11.6 Å². The zero-order valence-corrected chi connectivity index (χ0v) is 12.7. The van der Waals surface area contributed by atoms with Crippen molar-refractivity contribution in [2.45, 2.75) is 26.8 Å². The lowest BCUT2D eigenvalue weighted by atomic mass is 9.95. The maximum atomic E-state index is 6.17. The molecule has 0 saturated carbocycles. The lowest BCUT2D eigenvalue weighted by Gasteiger charge is -2.19. The molecule has 2 heteroatoms. The van der Waals surface area contributed by atoms with Crippen molar-refractivity contribution in [1.82, 2.24) is 5.32 Å². The average molecular weight is 274 g/mol. The highest BCUT2D eigenvalue weighted by atomic mass is 35.5. The summed E-state index contributed by atoms with van der Waals surface area (Å²) in [6.45, 7) is 6.36. The molecule has 0 aromatic heterocycles. The van der Waals surface area contributed by atoms with E-state index in [1.807, 2.05) is 19.2 Å². The first-order chi connectivity index (χ1) is 9.01.